The predicted octanol–water partition coefficient (Wildman–Crippen LogP) is 1.49. The molecule has 0 radical (unpaired) electrons. The molecule has 0 saturated heterocycles. The maximum atomic E-state index is 8.08. The summed E-state index contributed by atoms with van der Waals surface area (Å²) in [4.78, 5) is 0. The van der Waals surface area contributed by atoms with E-state index in [1.165, 1.54) is 0 Å². The Morgan fingerprint density at radius 3 is 2.38 bits per heavy atom. The maximum Gasteiger partial charge on any atom is 0.0472 e. The van der Waals surface area contributed by atoms with Crippen LogP contribution in [-0.2, 0) is 0 Å². The van der Waals surface area contributed by atoms with Gasteiger partial charge < -0.3 is 5.21 Å². The van der Waals surface area contributed by atoms with Crippen molar-refractivity contribution in [1.82, 2.24) is 0 Å². The second kappa shape index (κ2) is 1.47. The average Bonchev–Trinajstić information content (AvgIpc) is 2.15. The lowest BCUT2D eigenvalue weighted by Crippen LogP contribution is -1.89. The molecule has 1 atom stereocenters. The molecule has 1 N–H and O–H groups in total. The van der Waals surface area contributed by atoms with Crippen molar-refractivity contribution in [2.24, 2.45) is 16.5 Å². The first-order valence-electron chi connectivity index (χ1n) is 2.84. The van der Waals surface area contributed by atoms with Crippen molar-refractivity contribution in [3.63, 3.8) is 0 Å². The van der Waals surface area contributed by atoms with Crippen LogP contribution in [0.5, 0.6) is 0 Å². The summed E-state index contributed by atoms with van der Waals surface area (Å²) in [5.74, 6) is 0.521. The minimum absolute atomic E-state index is 0.409. The van der Waals surface area contributed by atoms with E-state index in [2.05, 4.69) is 19.0 Å². The number of oxime groups is 1. The van der Waals surface area contributed by atoms with Crippen LogP contribution in [0, 0.1) is 11.3 Å². The Labute approximate surface area is 49.2 Å². The summed E-state index contributed by atoms with van der Waals surface area (Å²) in [6.07, 6.45) is 2.77. The smallest absolute Gasteiger partial charge is 0.0472 e. The minimum atomic E-state index is 0.409. The van der Waals surface area contributed by atoms with Gasteiger partial charge in [0.1, 0.15) is 0 Å². The SMILES string of the molecule is CC1(C)CC1C=NO. The molecule has 0 aromatic heterocycles. The van der Waals surface area contributed by atoms with E-state index in [4.69, 9.17) is 5.21 Å². The van der Waals surface area contributed by atoms with Crippen molar-refractivity contribution < 1.29 is 5.21 Å². The standard InChI is InChI=1S/C6H11NO/c1-6(2)3-5(6)4-7-8/h4-5,8H,3H2,1-2H3. The predicted molar refractivity (Wildman–Crippen MR) is 32.2 cm³/mol. The highest BCUT2D eigenvalue weighted by molar-refractivity contribution is 5.65. The zero-order chi connectivity index (χ0) is 6.20. The average molecular weight is 113 g/mol. The molecule has 2 nitrogen and oxygen atoms in total. The summed E-state index contributed by atoms with van der Waals surface area (Å²) in [5, 5.41) is 11.0. The minimum Gasteiger partial charge on any atom is -0.411 e. The summed E-state index contributed by atoms with van der Waals surface area (Å²) in [6, 6.07) is 0. The van der Waals surface area contributed by atoms with Crippen molar-refractivity contribution >= 4 is 6.21 Å². The van der Waals surface area contributed by atoms with Gasteiger partial charge in [0.15, 0.2) is 0 Å². The molecule has 1 unspecified atom stereocenters. The highest BCUT2D eigenvalue weighted by Crippen LogP contribution is 2.50. The molecule has 1 aliphatic carbocycles. The van der Waals surface area contributed by atoms with E-state index < -0.39 is 0 Å². The number of rotatable bonds is 1. The summed E-state index contributed by atoms with van der Waals surface area (Å²) >= 11 is 0. The quantitative estimate of drug-likeness (QED) is 0.312. The summed E-state index contributed by atoms with van der Waals surface area (Å²) < 4.78 is 0. The van der Waals surface area contributed by atoms with Gasteiger partial charge in [-0.25, -0.2) is 0 Å². The van der Waals surface area contributed by atoms with Gasteiger partial charge in [-0.15, -0.1) is 5.16 Å². The molecule has 1 rings (SSSR count). The van der Waals surface area contributed by atoms with Crippen LogP contribution in [0.25, 0.3) is 0 Å². The van der Waals surface area contributed by atoms with Crippen LogP contribution in [0.15, 0.2) is 5.16 Å². The molecule has 1 fully saturated rings. The van der Waals surface area contributed by atoms with Gasteiger partial charge in [-0.2, -0.15) is 0 Å². The fraction of sp³-hybridized carbons (Fsp3) is 0.833. The van der Waals surface area contributed by atoms with E-state index in [1.54, 1.807) is 6.21 Å². The lowest BCUT2D eigenvalue weighted by molar-refractivity contribution is 0.319. The molecule has 0 aliphatic heterocycles. The van der Waals surface area contributed by atoms with E-state index >= 15 is 0 Å². The Morgan fingerprint density at radius 1 is 1.75 bits per heavy atom. The van der Waals surface area contributed by atoms with Gasteiger partial charge in [-0.05, 0) is 11.8 Å². The summed E-state index contributed by atoms with van der Waals surface area (Å²) in [5.41, 5.74) is 0.409. The zero-order valence-corrected chi connectivity index (χ0v) is 5.26. The van der Waals surface area contributed by atoms with Crippen molar-refractivity contribution in [2.45, 2.75) is 20.3 Å². The Kier molecular flexibility index (Phi) is 1.03. The van der Waals surface area contributed by atoms with E-state index in [-0.39, 0.29) is 0 Å². The first-order valence-corrected chi connectivity index (χ1v) is 2.84. The van der Waals surface area contributed by atoms with E-state index in [0.717, 1.165) is 6.42 Å². The van der Waals surface area contributed by atoms with Crippen LogP contribution in [0.2, 0.25) is 0 Å². The molecule has 8 heavy (non-hydrogen) atoms. The third kappa shape index (κ3) is 0.831. The second-order valence-electron chi connectivity index (χ2n) is 3.06. The van der Waals surface area contributed by atoms with Crippen LogP contribution >= 0.6 is 0 Å². The molecule has 0 heterocycles. The molecule has 46 valence electrons. The van der Waals surface area contributed by atoms with Gasteiger partial charge in [0, 0.05) is 12.1 Å². The fourth-order valence-corrected chi connectivity index (χ4v) is 0.843. The second-order valence-corrected chi connectivity index (χ2v) is 3.06. The van der Waals surface area contributed by atoms with Crippen LogP contribution in [0.1, 0.15) is 20.3 Å². The Morgan fingerprint density at radius 2 is 2.25 bits per heavy atom. The largest absolute Gasteiger partial charge is 0.411 e. The molecule has 2 heteroatoms. The number of hydrogen-bond donors (Lipinski definition) is 1. The highest BCUT2D eigenvalue weighted by atomic mass is 16.4. The van der Waals surface area contributed by atoms with Gasteiger partial charge in [-0.1, -0.05) is 13.8 Å². The van der Waals surface area contributed by atoms with E-state index in [1.807, 2.05) is 0 Å². The topological polar surface area (TPSA) is 32.6 Å². The fourth-order valence-electron chi connectivity index (χ4n) is 0.843. The normalized spacial score (nSPS) is 33.5. The van der Waals surface area contributed by atoms with Gasteiger partial charge in [0.25, 0.3) is 0 Å². The first-order chi connectivity index (χ1) is 3.67. The van der Waals surface area contributed by atoms with Crippen LogP contribution in [-0.4, -0.2) is 11.4 Å². The lowest BCUT2D eigenvalue weighted by Gasteiger charge is -1.92. The van der Waals surface area contributed by atoms with Gasteiger partial charge >= 0.3 is 0 Å². The molecule has 1 saturated carbocycles. The summed E-state index contributed by atoms with van der Waals surface area (Å²) in [7, 11) is 0. The summed E-state index contributed by atoms with van der Waals surface area (Å²) in [6.45, 7) is 4.33. The molecular formula is C6H11NO. The molecular weight excluding hydrogens is 102 g/mol. The van der Waals surface area contributed by atoms with E-state index in [9.17, 15) is 0 Å². The monoisotopic (exact) mass is 113 g/mol. The van der Waals surface area contributed by atoms with Crippen molar-refractivity contribution in [1.29, 1.82) is 0 Å². The van der Waals surface area contributed by atoms with Crippen molar-refractivity contribution in [2.75, 3.05) is 0 Å². The zero-order valence-electron chi connectivity index (χ0n) is 5.26. The van der Waals surface area contributed by atoms with Crippen molar-refractivity contribution in [3.05, 3.63) is 0 Å². The lowest BCUT2D eigenvalue weighted by atomic mass is 10.1. The molecule has 0 aromatic carbocycles. The molecule has 0 amide bonds. The molecule has 1 aliphatic rings. The van der Waals surface area contributed by atoms with Crippen LogP contribution < -0.4 is 0 Å². The number of nitrogens with zero attached hydrogens (tertiary/aromatic N) is 1. The Hall–Kier alpha value is -0.530. The first kappa shape index (κ1) is 5.60. The third-order valence-electron chi connectivity index (χ3n) is 1.84. The highest BCUT2D eigenvalue weighted by Gasteiger charge is 2.44. The Bertz CT molecular complexity index is 118. The Balaban J connectivity index is 2.37. The van der Waals surface area contributed by atoms with Crippen molar-refractivity contribution in [3.8, 4) is 0 Å². The van der Waals surface area contributed by atoms with Crippen LogP contribution in [0.3, 0.4) is 0 Å². The number of hydrogen-bond acceptors (Lipinski definition) is 2. The molecule has 0 aromatic rings. The maximum absolute atomic E-state index is 8.08. The van der Waals surface area contributed by atoms with Crippen LogP contribution in [0.4, 0.5) is 0 Å². The van der Waals surface area contributed by atoms with Gasteiger partial charge in [-0.3, -0.25) is 0 Å². The molecule has 0 bridgehead atoms. The van der Waals surface area contributed by atoms with Gasteiger partial charge in [0.2, 0.25) is 0 Å². The van der Waals surface area contributed by atoms with E-state index in [0.29, 0.717) is 11.3 Å². The van der Waals surface area contributed by atoms with Gasteiger partial charge in [0.05, 0.1) is 0 Å². The molecule has 0 spiro atoms. The third-order valence-corrected chi connectivity index (χ3v) is 1.84.